The summed E-state index contributed by atoms with van der Waals surface area (Å²) < 4.78 is 38.5. The van der Waals surface area contributed by atoms with Gasteiger partial charge in [0.25, 0.3) is 0 Å². The van der Waals surface area contributed by atoms with E-state index in [1.807, 2.05) is 0 Å². The lowest BCUT2D eigenvalue weighted by Crippen LogP contribution is -2.34. The van der Waals surface area contributed by atoms with Crippen molar-refractivity contribution in [2.24, 2.45) is 11.8 Å². The molecule has 0 aromatic heterocycles. The molecule has 0 heterocycles. The first kappa shape index (κ1) is 23.5. The van der Waals surface area contributed by atoms with Gasteiger partial charge in [-0.15, -0.1) is 0 Å². The Morgan fingerprint density at radius 1 is 0.808 bits per heavy atom. The average Bonchev–Trinajstić information content (AvgIpc) is 3.12. The van der Waals surface area contributed by atoms with Gasteiger partial charge in [-0.05, 0) is 25.2 Å². The van der Waals surface area contributed by atoms with E-state index in [2.05, 4.69) is 6.92 Å². The summed E-state index contributed by atoms with van der Waals surface area (Å²) in [6, 6.07) is 0. The molecule has 1 unspecified atom stereocenters. The van der Waals surface area contributed by atoms with E-state index < -0.39 is 17.9 Å². The molecule has 1 rings (SSSR count). The number of unbranched alkanes of at least 4 members (excludes halogenated alkanes) is 11. The van der Waals surface area contributed by atoms with E-state index in [0.29, 0.717) is 6.42 Å². The Morgan fingerprint density at radius 3 is 1.65 bits per heavy atom. The van der Waals surface area contributed by atoms with E-state index in [1.54, 1.807) is 0 Å². The summed E-state index contributed by atoms with van der Waals surface area (Å²) in [6.07, 6.45) is 13.8. The fourth-order valence-electron chi connectivity index (χ4n) is 4.36. The summed E-state index contributed by atoms with van der Waals surface area (Å²) in [4.78, 5) is 11.8. The normalized spacial score (nSPS) is 16.9. The third kappa shape index (κ3) is 9.97. The van der Waals surface area contributed by atoms with Crippen LogP contribution < -0.4 is 0 Å². The fourth-order valence-corrected chi connectivity index (χ4v) is 4.36. The molecule has 1 aliphatic rings. The van der Waals surface area contributed by atoms with Crippen molar-refractivity contribution in [1.82, 2.24) is 0 Å². The summed E-state index contributed by atoms with van der Waals surface area (Å²) in [5.41, 5.74) is 0. The smallest absolute Gasteiger partial charge is 0.289 e. The van der Waals surface area contributed by atoms with Gasteiger partial charge in [0.05, 0.1) is 0 Å². The number of rotatable bonds is 15. The second kappa shape index (κ2) is 13.6. The van der Waals surface area contributed by atoms with Crippen molar-refractivity contribution in [2.45, 2.75) is 122 Å². The minimum absolute atomic E-state index is 0.0307. The number of carbonyl (C=O) groups excluding carboxylic acids is 1. The van der Waals surface area contributed by atoms with Crippen molar-refractivity contribution in [3.8, 4) is 0 Å². The van der Waals surface area contributed by atoms with Crippen molar-refractivity contribution in [1.29, 1.82) is 0 Å². The lowest BCUT2D eigenvalue weighted by molar-refractivity contribution is -0.177. The quantitative estimate of drug-likeness (QED) is 0.264. The number of carbonyl (C=O) groups is 1. The van der Waals surface area contributed by atoms with E-state index >= 15 is 0 Å². The first-order valence-electron chi connectivity index (χ1n) is 11.1. The topological polar surface area (TPSA) is 17.1 Å². The summed E-state index contributed by atoms with van der Waals surface area (Å²) in [5, 5.41) is 0. The molecule has 0 bridgehead atoms. The Morgan fingerprint density at radius 2 is 1.23 bits per heavy atom. The number of Topliss-reactive ketones (excluding diaryl/α,β-unsaturated/α-hetero) is 1. The minimum atomic E-state index is -4.66. The van der Waals surface area contributed by atoms with Gasteiger partial charge in [-0.1, -0.05) is 96.8 Å². The molecule has 26 heavy (non-hydrogen) atoms. The molecule has 0 spiro atoms. The highest BCUT2D eigenvalue weighted by atomic mass is 19.4. The Bertz CT molecular complexity index is 359. The molecule has 0 aliphatic heterocycles. The van der Waals surface area contributed by atoms with E-state index in [0.717, 1.165) is 44.9 Å². The molecule has 1 fully saturated rings. The molecule has 0 radical (unpaired) electrons. The molecule has 0 amide bonds. The third-order valence-electron chi connectivity index (χ3n) is 5.95. The molecule has 1 aliphatic carbocycles. The maximum Gasteiger partial charge on any atom is 0.450 e. The van der Waals surface area contributed by atoms with Crippen LogP contribution in [-0.2, 0) is 4.79 Å². The highest BCUT2D eigenvalue weighted by Gasteiger charge is 2.45. The molecule has 0 saturated heterocycles. The second-order valence-corrected chi connectivity index (χ2v) is 8.19. The van der Waals surface area contributed by atoms with Gasteiger partial charge < -0.3 is 0 Å². The molecule has 0 aromatic rings. The Hall–Kier alpha value is -0.540. The molecule has 0 aromatic carbocycles. The van der Waals surface area contributed by atoms with Crippen LogP contribution in [-0.4, -0.2) is 12.0 Å². The lowest BCUT2D eigenvalue weighted by atomic mass is 9.83. The molecule has 154 valence electrons. The molecular weight excluding hydrogens is 337 g/mol. The Kier molecular flexibility index (Phi) is 12.3. The zero-order valence-corrected chi connectivity index (χ0v) is 16.7. The van der Waals surface area contributed by atoms with Crippen LogP contribution in [0.4, 0.5) is 13.2 Å². The summed E-state index contributed by atoms with van der Waals surface area (Å²) in [7, 11) is 0. The van der Waals surface area contributed by atoms with Gasteiger partial charge in [-0.2, -0.15) is 13.2 Å². The molecule has 1 nitrogen and oxygen atoms in total. The van der Waals surface area contributed by atoms with E-state index in [1.165, 1.54) is 57.8 Å². The molecule has 4 heteroatoms. The highest BCUT2D eigenvalue weighted by Crippen LogP contribution is 2.38. The van der Waals surface area contributed by atoms with Gasteiger partial charge in [0, 0.05) is 5.92 Å². The number of alkyl halides is 3. The second-order valence-electron chi connectivity index (χ2n) is 8.19. The molecule has 0 N–H and O–H groups in total. The highest BCUT2D eigenvalue weighted by molar-refractivity contribution is 5.86. The zero-order valence-electron chi connectivity index (χ0n) is 16.7. The van der Waals surface area contributed by atoms with Crippen LogP contribution in [0, 0.1) is 11.8 Å². The Labute approximate surface area is 158 Å². The van der Waals surface area contributed by atoms with Crippen molar-refractivity contribution in [2.75, 3.05) is 0 Å². The van der Waals surface area contributed by atoms with Crippen molar-refractivity contribution >= 4 is 5.78 Å². The van der Waals surface area contributed by atoms with Crippen LogP contribution in [0.25, 0.3) is 0 Å². The van der Waals surface area contributed by atoms with Crippen LogP contribution in [0.3, 0.4) is 0 Å². The monoisotopic (exact) mass is 376 g/mol. The number of ketones is 1. The van der Waals surface area contributed by atoms with E-state index in [4.69, 9.17) is 0 Å². The van der Waals surface area contributed by atoms with Crippen molar-refractivity contribution in [3.63, 3.8) is 0 Å². The Balaban J connectivity index is 2.09. The summed E-state index contributed by atoms with van der Waals surface area (Å²) in [6.45, 7) is 2.23. The fraction of sp³-hybridized carbons (Fsp3) is 0.955. The van der Waals surface area contributed by atoms with Crippen molar-refractivity contribution < 1.29 is 18.0 Å². The predicted octanol–water partition coefficient (Wildman–Crippen LogP) is 8.02. The van der Waals surface area contributed by atoms with E-state index in [-0.39, 0.29) is 5.92 Å². The standard InChI is InChI=1S/C22H39F3O/c1-2-3-4-5-6-7-8-9-10-11-12-13-18-20(19-16-14-15-17-19)21(26)22(23,24)25/h19-20H,2-18H2,1H3. The van der Waals surface area contributed by atoms with Crippen LogP contribution in [0.5, 0.6) is 0 Å². The average molecular weight is 377 g/mol. The lowest BCUT2D eigenvalue weighted by Gasteiger charge is -2.23. The summed E-state index contributed by atoms with van der Waals surface area (Å²) >= 11 is 0. The zero-order chi connectivity index (χ0) is 19.3. The van der Waals surface area contributed by atoms with Crippen LogP contribution in [0.15, 0.2) is 0 Å². The number of halogens is 3. The van der Waals surface area contributed by atoms with Crippen LogP contribution >= 0.6 is 0 Å². The first-order chi connectivity index (χ1) is 12.5. The van der Waals surface area contributed by atoms with Crippen LogP contribution in [0.1, 0.15) is 116 Å². The van der Waals surface area contributed by atoms with Gasteiger partial charge in [0.1, 0.15) is 0 Å². The van der Waals surface area contributed by atoms with Crippen molar-refractivity contribution in [3.05, 3.63) is 0 Å². The summed E-state index contributed by atoms with van der Waals surface area (Å²) in [5.74, 6) is -2.27. The minimum Gasteiger partial charge on any atom is -0.289 e. The SMILES string of the molecule is CCCCCCCCCCCCCCC(C(=O)C(F)(F)F)C1CCCC1. The van der Waals surface area contributed by atoms with Gasteiger partial charge in [0.2, 0.25) is 5.78 Å². The maximum absolute atomic E-state index is 12.8. The number of hydrogen-bond donors (Lipinski definition) is 0. The largest absolute Gasteiger partial charge is 0.450 e. The maximum atomic E-state index is 12.8. The first-order valence-corrected chi connectivity index (χ1v) is 11.1. The van der Waals surface area contributed by atoms with Gasteiger partial charge >= 0.3 is 6.18 Å². The molecule has 1 atom stereocenters. The van der Waals surface area contributed by atoms with Gasteiger partial charge in [-0.3, -0.25) is 4.79 Å². The number of hydrogen-bond acceptors (Lipinski definition) is 1. The van der Waals surface area contributed by atoms with Gasteiger partial charge in [-0.25, -0.2) is 0 Å². The van der Waals surface area contributed by atoms with Gasteiger partial charge in [0.15, 0.2) is 0 Å². The molecular formula is C22H39F3O. The third-order valence-corrected chi connectivity index (χ3v) is 5.95. The van der Waals surface area contributed by atoms with E-state index in [9.17, 15) is 18.0 Å². The molecule has 1 saturated carbocycles. The van der Waals surface area contributed by atoms with Crippen LogP contribution in [0.2, 0.25) is 0 Å². The predicted molar refractivity (Wildman–Crippen MR) is 102 cm³/mol.